The van der Waals surface area contributed by atoms with Crippen molar-refractivity contribution in [3.05, 3.63) is 46.7 Å². The molecule has 12 heteroatoms. The molecule has 0 aliphatic heterocycles. The van der Waals surface area contributed by atoms with Gasteiger partial charge in [0, 0.05) is 16.7 Å². The van der Waals surface area contributed by atoms with E-state index in [1.165, 1.54) is 6.07 Å². The van der Waals surface area contributed by atoms with E-state index in [-0.39, 0.29) is 27.5 Å². The Labute approximate surface area is 159 Å². The largest absolute Gasteiger partial charge is 0.507 e. The number of rotatable bonds is 4. The third-order valence-corrected chi connectivity index (χ3v) is 3.90. The summed E-state index contributed by atoms with van der Waals surface area (Å²) in [6, 6.07) is 3.81. The highest BCUT2D eigenvalue weighted by molar-refractivity contribution is 6.31. The summed E-state index contributed by atoms with van der Waals surface area (Å²) in [5, 5.41) is 24.7. The van der Waals surface area contributed by atoms with Crippen LogP contribution >= 0.6 is 11.6 Å². The summed E-state index contributed by atoms with van der Waals surface area (Å²) in [6.45, 7) is -0.705. The third kappa shape index (κ3) is 3.69. The van der Waals surface area contributed by atoms with Gasteiger partial charge in [0.2, 0.25) is 0 Å². The second-order valence-electron chi connectivity index (χ2n) is 5.59. The number of carbonyl (C=O) groups is 2. The van der Waals surface area contributed by atoms with Gasteiger partial charge >= 0.3 is 12.1 Å². The van der Waals surface area contributed by atoms with Gasteiger partial charge in [0.05, 0.1) is 11.3 Å². The molecule has 0 fully saturated rings. The summed E-state index contributed by atoms with van der Waals surface area (Å²) in [4.78, 5) is 26.6. The van der Waals surface area contributed by atoms with Crippen molar-refractivity contribution < 1.29 is 33.0 Å². The van der Waals surface area contributed by atoms with Gasteiger partial charge in [-0.2, -0.15) is 18.3 Å². The van der Waals surface area contributed by atoms with Gasteiger partial charge in [0.25, 0.3) is 5.91 Å². The summed E-state index contributed by atoms with van der Waals surface area (Å²) in [5.74, 6) is -2.86. The topological polar surface area (TPSA) is 117 Å². The molecule has 0 unspecified atom stereocenters. The average Bonchev–Trinajstić information content (AvgIpc) is 3.06. The predicted octanol–water partition coefficient (Wildman–Crippen LogP) is 2.59. The van der Waals surface area contributed by atoms with Gasteiger partial charge in [-0.3, -0.25) is 9.59 Å². The molecular weight excluding hydrogens is 405 g/mol. The quantitative estimate of drug-likeness (QED) is 0.604. The predicted molar refractivity (Wildman–Crippen MR) is 90.1 cm³/mol. The first-order valence-electron chi connectivity index (χ1n) is 7.52. The van der Waals surface area contributed by atoms with Crippen LogP contribution in [0.1, 0.15) is 15.9 Å². The zero-order chi connectivity index (χ0) is 20.6. The van der Waals surface area contributed by atoms with Crippen molar-refractivity contribution in [1.29, 1.82) is 0 Å². The number of aliphatic carboxylic acids is 1. The lowest BCUT2D eigenvalue weighted by Crippen LogP contribution is -2.29. The van der Waals surface area contributed by atoms with Crippen LogP contribution in [0.3, 0.4) is 0 Å². The molecule has 28 heavy (non-hydrogen) atoms. The second kappa shape index (κ2) is 7.00. The van der Waals surface area contributed by atoms with Crippen LogP contribution in [0.4, 0.5) is 13.2 Å². The van der Waals surface area contributed by atoms with Crippen molar-refractivity contribution in [2.45, 2.75) is 6.18 Å². The Kier molecular flexibility index (Phi) is 4.86. The minimum atomic E-state index is -4.65. The maximum atomic E-state index is 13.1. The van der Waals surface area contributed by atoms with Gasteiger partial charge in [-0.05, 0) is 18.2 Å². The van der Waals surface area contributed by atoms with E-state index >= 15 is 0 Å². The molecule has 3 aromatic rings. The van der Waals surface area contributed by atoms with Crippen LogP contribution in [0.2, 0.25) is 5.02 Å². The lowest BCUT2D eigenvalue weighted by atomic mass is 10.1. The van der Waals surface area contributed by atoms with Crippen LogP contribution in [-0.4, -0.2) is 43.2 Å². The van der Waals surface area contributed by atoms with Crippen molar-refractivity contribution in [2.75, 3.05) is 6.54 Å². The van der Waals surface area contributed by atoms with Crippen molar-refractivity contribution in [2.24, 2.45) is 0 Å². The minimum Gasteiger partial charge on any atom is -0.507 e. The van der Waals surface area contributed by atoms with Gasteiger partial charge < -0.3 is 15.5 Å². The monoisotopic (exact) mass is 414 g/mol. The number of hydrogen-bond acceptors (Lipinski definition) is 5. The third-order valence-electron chi connectivity index (χ3n) is 3.68. The highest BCUT2D eigenvalue weighted by Crippen LogP contribution is 2.36. The average molecular weight is 415 g/mol. The van der Waals surface area contributed by atoms with Gasteiger partial charge in [-0.1, -0.05) is 11.6 Å². The van der Waals surface area contributed by atoms with Gasteiger partial charge in [-0.15, -0.1) is 0 Å². The first kappa shape index (κ1) is 19.4. The Morgan fingerprint density at radius 2 is 1.93 bits per heavy atom. The molecule has 0 spiro atoms. The van der Waals surface area contributed by atoms with Crippen LogP contribution in [0.25, 0.3) is 16.9 Å². The van der Waals surface area contributed by atoms with E-state index in [1.807, 2.05) is 0 Å². The zero-order valence-corrected chi connectivity index (χ0v) is 14.4. The molecule has 3 N–H and O–H groups in total. The van der Waals surface area contributed by atoms with Gasteiger partial charge in [0.15, 0.2) is 5.65 Å². The Balaban J connectivity index is 2.17. The first-order valence-corrected chi connectivity index (χ1v) is 7.89. The first-order chi connectivity index (χ1) is 13.1. The van der Waals surface area contributed by atoms with Crippen LogP contribution in [0.15, 0.2) is 30.6 Å². The Morgan fingerprint density at radius 3 is 2.57 bits per heavy atom. The lowest BCUT2D eigenvalue weighted by Gasteiger charge is -2.13. The Morgan fingerprint density at radius 1 is 1.21 bits per heavy atom. The fourth-order valence-electron chi connectivity index (χ4n) is 2.53. The highest BCUT2D eigenvalue weighted by atomic mass is 35.5. The van der Waals surface area contributed by atoms with Gasteiger partial charge in [-0.25, -0.2) is 9.50 Å². The molecule has 0 bridgehead atoms. The summed E-state index contributed by atoms with van der Waals surface area (Å²) in [5.41, 5.74) is -1.59. The number of alkyl halides is 3. The van der Waals surface area contributed by atoms with Crippen LogP contribution in [-0.2, 0) is 11.0 Å². The summed E-state index contributed by atoms with van der Waals surface area (Å²) >= 11 is 5.80. The number of fused-ring (bicyclic) bond motifs is 1. The normalized spacial score (nSPS) is 11.6. The molecule has 0 aliphatic rings. The number of benzene rings is 1. The SMILES string of the molecule is O=C(O)CNC(=O)c1c(O)cc(-c2cc(Cl)cc(C(F)(F)F)c2)n2ncnc12. The number of amides is 1. The van der Waals surface area contributed by atoms with E-state index in [9.17, 15) is 27.9 Å². The number of halogens is 4. The molecule has 0 saturated heterocycles. The highest BCUT2D eigenvalue weighted by Gasteiger charge is 2.31. The molecule has 1 aromatic carbocycles. The molecule has 0 saturated carbocycles. The van der Waals surface area contributed by atoms with E-state index in [0.29, 0.717) is 0 Å². The number of carboxylic acid groups (broad SMARTS) is 1. The van der Waals surface area contributed by atoms with E-state index < -0.39 is 35.9 Å². The summed E-state index contributed by atoms with van der Waals surface area (Å²) in [7, 11) is 0. The molecule has 1 amide bonds. The van der Waals surface area contributed by atoms with E-state index in [1.54, 1.807) is 0 Å². The lowest BCUT2D eigenvalue weighted by molar-refractivity contribution is -0.137. The molecule has 146 valence electrons. The van der Waals surface area contributed by atoms with Crippen molar-refractivity contribution >= 4 is 29.1 Å². The fourth-order valence-corrected chi connectivity index (χ4v) is 2.77. The van der Waals surface area contributed by atoms with E-state index in [4.69, 9.17) is 16.7 Å². The van der Waals surface area contributed by atoms with Crippen LogP contribution in [0.5, 0.6) is 5.75 Å². The summed E-state index contributed by atoms with van der Waals surface area (Å²) in [6.07, 6.45) is -3.62. The number of aromatic hydroxyl groups is 1. The van der Waals surface area contributed by atoms with Crippen LogP contribution in [0, 0.1) is 0 Å². The Hall–Kier alpha value is -3.34. The zero-order valence-electron chi connectivity index (χ0n) is 13.7. The molecule has 2 aromatic heterocycles. The maximum Gasteiger partial charge on any atom is 0.416 e. The number of nitrogens with zero attached hydrogens (tertiary/aromatic N) is 3. The molecule has 0 radical (unpaired) electrons. The van der Waals surface area contributed by atoms with E-state index in [2.05, 4.69) is 15.4 Å². The smallest absolute Gasteiger partial charge is 0.416 e. The number of nitrogens with one attached hydrogen (secondary N) is 1. The number of carboxylic acids is 1. The van der Waals surface area contributed by atoms with Crippen LogP contribution < -0.4 is 5.32 Å². The molecule has 0 atom stereocenters. The molecule has 3 rings (SSSR count). The standard InChI is InChI=1S/C16H10ClF3N4O4/c17-9-2-7(1-8(3-9)16(18,19)20)10-4-11(25)13(14-22-6-23-24(10)14)15(28)21-5-12(26)27/h1-4,6,25H,5H2,(H,21,28)(H,26,27). The number of hydrogen-bond donors (Lipinski definition) is 3. The second-order valence-corrected chi connectivity index (χ2v) is 6.02. The molecule has 8 nitrogen and oxygen atoms in total. The molecular formula is C16H10ClF3N4O4. The molecule has 0 aliphatic carbocycles. The minimum absolute atomic E-state index is 0.00668. The Bertz CT molecular complexity index is 1100. The van der Waals surface area contributed by atoms with Crippen molar-refractivity contribution in [3.63, 3.8) is 0 Å². The van der Waals surface area contributed by atoms with Gasteiger partial charge in [0.1, 0.15) is 24.2 Å². The molecule has 2 heterocycles. The number of carbonyl (C=O) groups excluding carboxylic acids is 1. The van der Waals surface area contributed by atoms with Crippen molar-refractivity contribution in [3.8, 4) is 17.0 Å². The summed E-state index contributed by atoms with van der Waals surface area (Å²) < 4.78 is 40.3. The maximum absolute atomic E-state index is 13.1. The number of pyridine rings is 1. The fraction of sp³-hybridized carbons (Fsp3) is 0.125. The van der Waals surface area contributed by atoms with E-state index in [0.717, 1.165) is 29.0 Å². The van der Waals surface area contributed by atoms with Crippen molar-refractivity contribution in [1.82, 2.24) is 19.9 Å². The number of aromatic nitrogens is 3.